The van der Waals surface area contributed by atoms with Crippen LogP contribution in [0.2, 0.25) is 10.0 Å². The van der Waals surface area contributed by atoms with Gasteiger partial charge >= 0.3 is 5.97 Å². The molecule has 2 aromatic heterocycles. The van der Waals surface area contributed by atoms with Crippen LogP contribution in [-0.4, -0.2) is 80.6 Å². The molecule has 0 radical (unpaired) electrons. The third-order valence-corrected chi connectivity index (χ3v) is 6.33. The number of hydrogen-bond acceptors (Lipinski definition) is 9. The average molecular weight is 623 g/mol. The Morgan fingerprint density at radius 3 is 2.55 bits per heavy atom. The van der Waals surface area contributed by atoms with Crippen molar-refractivity contribution in [3.63, 3.8) is 0 Å². The highest BCUT2D eigenvalue weighted by molar-refractivity contribution is 6.35. The van der Waals surface area contributed by atoms with Gasteiger partial charge in [-0.15, -0.1) is 0 Å². The first-order valence-electron chi connectivity index (χ1n) is 12.9. The highest BCUT2D eigenvalue weighted by atomic mass is 35.5. The van der Waals surface area contributed by atoms with E-state index in [0.29, 0.717) is 53.6 Å². The molecule has 1 aromatic carbocycles. The van der Waals surface area contributed by atoms with Gasteiger partial charge in [0.15, 0.2) is 0 Å². The Hall–Kier alpha value is -3.52. The lowest BCUT2D eigenvalue weighted by molar-refractivity contribution is -0.126. The number of halogens is 2. The van der Waals surface area contributed by atoms with Gasteiger partial charge in [-0.2, -0.15) is 0 Å². The molecular formula is C28H32Cl2N4O8. The molecule has 0 spiro atoms. The molecule has 2 amide bonds. The molecule has 226 valence electrons. The van der Waals surface area contributed by atoms with Gasteiger partial charge in [-0.05, 0) is 36.4 Å². The highest BCUT2D eigenvalue weighted by Crippen LogP contribution is 2.31. The van der Waals surface area contributed by atoms with Crippen LogP contribution < -0.4 is 16.0 Å². The maximum Gasteiger partial charge on any atom is 0.339 e. The molecule has 1 unspecified atom stereocenters. The second-order valence-corrected chi connectivity index (χ2v) is 9.65. The van der Waals surface area contributed by atoms with Crippen molar-refractivity contribution in [2.45, 2.75) is 19.0 Å². The van der Waals surface area contributed by atoms with Gasteiger partial charge in [0, 0.05) is 36.6 Å². The smallest absolute Gasteiger partial charge is 0.339 e. The van der Waals surface area contributed by atoms with E-state index in [1.165, 1.54) is 12.3 Å². The topological polar surface area (TPSA) is 161 Å². The molecule has 2 heterocycles. The first-order valence-corrected chi connectivity index (χ1v) is 13.7. The number of furan rings is 1. The fourth-order valence-electron chi connectivity index (χ4n) is 3.66. The lowest BCUT2D eigenvalue weighted by Crippen LogP contribution is -2.44. The van der Waals surface area contributed by atoms with Gasteiger partial charge in [-0.1, -0.05) is 23.2 Å². The molecule has 0 aliphatic rings. The number of aromatic nitrogens is 1. The zero-order valence-electron chi connectivity index (χ0n) is 22.9. The fourth-order valence-corrected chi connectivity index (χ4v) is 4.05. The predicted molar refractivity (Wildman–Crippen MR) is 156 cm³/mol. The van der Waals surface area contributed by atoms with Gasteiger partial charge in [-0.25, -0.2) is 4.79 Å². The van der Waals surface area contributed by atoms with E-state index in [-0.39, 0.29) is 37.4 Å². The van der Waals surface area contributed by atoms with Crippen LogP contribution in [0.15, 0.2) is 53.2 Å². The number of aromatic carboxylic acids is 1. The van der Waals surface area contributed by atoms with Crippen LogP contribution in [0.25, 0.3) is 11.3 Å². The molecular weight excluding hydrogens is 591 g/mol. The van der Waals surface area contributed by atoms with Crippen molar-refractivity contribution in [2.24, 2.45) is 0 Å². The Balaban J connectivity index is 1.60. The third-order valence-electron chi connectivity index (χ3n) is 5.77. The fraction of sp³-hybridized carbons (Fsp3) is 0.357. The molecule has 0 saturated carbocycles. The number of anilines is 1. The maximum absolute atomic E-state index is 13.2. The Bertz CT molecular complexity index is 1340. The predicted octanol–water partition coefficient (Wildman–Crippen LogP) is 3.63. The van der Waals surface area contributed by atoms with Gasteiger partial charge in [0.05, 0.1) is 62.8 Å². The summed E-state index contributed by atoms with van der Waals surface area (Å²) in [4.78, 5) is 41.2. The lowest BCUT2D eigenvalue weighted by Gasteiger charge is -2.18. The molecule has 3 rings (SSSR count). The third kappa shape index (κ3) is 10.7. The summed E-state index contributed by atoms with van der Waals surface area (Å²) in [5.41, 5.74) is 0.463. The number of ether oxygens (including phenoxy) is 3. The number of methoxy groups -OCH3 is 1. The summed E-state index contributed by atoms with van der Waals surface area (Å²) in [6, 6.07) is 8.74. The highest BCUT2D eigenvalue weighted by Gasteiger charge is 2.24. The van der Waals surface area contributed by atoms with Crippen molar-refractivity contribution in [3.8, 4) is 11.3 Å². The number of carboxylic acids is 1. The normalized spacial score (nSPS) is 11.7. The minimum Gasteiger partial charge on any atom is -0.478 e. The van der Waals surface area contributed by atoms with Crippen molar-refractivity contribution in [1.29, 1.82) is 0 Å². The van der Waals surface area contributed by atoms with Gasteiger partial charge in [0.25, 0.3) is 0 Å². The van der Waals surface area contributed by atoms with Crippen molar-refractivity contribution in [3.05, 3.63) is 70.2 Å². The zero-order chi connectivity index (χ0) is 30.3. The van der Waals surface area contributed by atoms with E-state index >= 15 is 0 Å². The molecule has 0 aliphatic carbocycles. The molecule has 4 N–H and O–H groups in total. The molecule has 14 heteroatoms. The molecule has 0 fully saturated rings. The van der Waals surface area contributed by atoms with Gasteiger partial charge < -0.3 is 34.4 Å². The van der Waals surface area contributed by atoms with Crippen LogP contribution >= 0.6 is 23.2 Å². The van der Waals surface area contributed by atoms with Crippen molar-refractivity contribution >= 4 is 46.7 Å². The van der Waals surface area contributed by atoms with E-state index in [2.05, 4.69) is 20.9 Å². The summed E-state index contributed by atoms with van der Waals surface area (Å²) in [5, 5.41) is 18.7. The monoisotopic (exact) mass is 622 g/mol. The van der Waals surface area contributed by atoms with Gasteiger partial charge in [0.1, 0.15) is 17.1 Å². The first-order chi connectivity index (χ1) is 20.3. The van der Waals surface area contributed by atoms with Gasteiger partial charge in [-0.3, -0.25) is 19.9 Å². The number of nitrogens with zero attached hydrogens (tertiary/aromatic N) is 1. The summed E-state index contributed by atoms with van der Waals surface area (Å²) in [5.74, 6) is -1.34. The molecule has 1 atom stereocenters. The quantitative estimate of drug-likeness (QED) is 0.154. The number of hydrogen-bond donors (Lipinski definition) is 4. The summed E-state index contributed by atoms with van der Waals surface area (Å²) in [6.45, 7) is 2.27. The van der Waals surface area contributed by atoms with E-state index in [1.54, 1.807) is 37.4 Å². The second kappa shape index (κ2) is 17.4. The average Bonchev–Trinajstić information content (AvgIpc) is 3.44. The Morgan fingerprint density at radius 1 is 1.02 bits per heavy atom. The standard InChI is InChI=1S/C28H32Cl2N4O8/c1-39-10-11-41-13-12-40-9-8-32-26(35)15-24(27(36)34-23-6-7-31-17-21(23)28(37)38)33-16-19-3-5-25(42-19)20-14-18(29)2-4-22(20)30/h2-7,14,17,24,33H,8-13,15-16H2,1H3,(H,32,35)(H,37,38)(H,31,34,36). The summed E-state index contributed by atoms with van der Waals surface area (Å²) in [6.07, 6.45) is 2.24. The summed E-state index contributed by atoms with van der Waals surface area (Å²) in [7, 11) is 1.59. The van der Waals surface area contributed by atoms with Crippen LogP contribution in [0, 0.1) is 0 Å². The van der Waals surface area contributed by atoms with E-state index in [0.717, 1.165) is 6.20 Å². The Morgan fingerprint density at radius 2 is 1.79 bits per heavy atom. The van der Waals surface area contributed by atoms with Crippen LogP contribution in [-0.2, 0) is 30.3 Å². The molecule has 42 heavy (non-hydrogen) atoms. The SMILES string of the molecule is COCCOCCOCCNC(=O)CC(NCc1ccc(-c2cc(Cl)ccc2Cl)o1)C(=O)Nc1ccncc1C(=O)O. The number of rotatable bonds is 18. The molecule has 3 aromatic rings. The Labute approximate surface area is 252 Å². The molecule has 12 nitrogen and oxygen atoms in total. The van der Waals surface area contributed by atoms with E-state index in [1.807, 2.05) is 0 Å². The van der Waals surface area contributed by atoms with Crippen LogP contribution in [0.3, 0.4) is 0 Å². The van der Waals surface area contributed by atoms with Crippen LogP contribution in [0.4, 0.5) is 5.69 Å². The largest absolute Gasteiger partial charge is 0.478 e. The van der Waals surface area contributed by atoms with E-state index in [4.69, 9.17) is 41.8 Å². The van der Waals surface area contributed by atoms with Crippen LogP contribution in [0.1, 0.15) is 22.5 Å². The van der Waals surface area contributed by atoms with E-state index in [9.17, 15) is 19.5 Å². The minimum atomic E-state index is -1.26. The molecule has 0 saturated heterocycles. The van der Waals surface area contributed by atoms with Crippen LogP contribution in [0.5, 0.6) is 0 Å². The second-order valence-electron chi connectivity index (χ2n) is 8.81. The van der Waals surface area contributed by atoms with Gasteiger partial charge in [0.2, 0.25) is 11.8 Å². The Kier molecular flexibility index (Phi) is 13.7. The molecule has 0 aliphatic heterocycles. The number of benzene rings is 1. The number of nitrogens with one attached hydrogen (secondary N) is 3. The molecule has 0 bridgehead atoms. The van der Waals surface area contributed by atoms with Crippen molar-refractivity contribution in [2.75, 3.05) is 52.0 Å². The summed E-state index contributed by atoms with van der Waals surface area (Å²) >= 11 is 12.4. The minimum absolute atomic E-state index is 0.0479. The first kappa shape index (κ1) is 33.0. The maximum atomic E-state index is 13.2. The zero-order valence-corrected chi connectivity index (χ0v) is 24.4. The van der Waals surface area contributed by atoms with E-state index < -0.39 is 23.8 Å². The van der Waals surface area contributed by atoms with Crippen molar-refractivity contribution < 1.29 is 38.1 Å². The number of amides is 2. The number of pyridine rings is 1. The summed E-state index contributed by atoms with van der Waals surface area (Å²) < 4.78 is 21.5. The lowest BCUT2D eigenvalue weighted by atomic mass is 10.1. The van der Waals surface area contributed by atoms with Crippen molar-refractivity contribution in [1.82, 2.24) is 15.6 Å². The number of carbonyl (C=O) groups excluding carboxylic acids is 2. The number of carbonyl (C=O) groups is 3. The number of carboxylic acid groups (broad SMARTS) is 1.